The van der Waals surface area contributed by atoms with Crippen LogP contribution in [0.1, 0.15) is 48.3 Å². The first-order valence-corrected chi connectivity index (χ1v) is 12.1. The molecule has 1 heterocycles. The molecule has 163 valence electrons. The van der Waals surface area contributed by atoms with Gasteiger partial charge in [0.15, 0.2) is 0 Å². The summed E-state index contributed by atoms with van der Waals surface area (Å²) in [5.74, 6) is 1.10. The summed E-state index contributed by atoms with van der Waals surface area (Å²) in [4.78, 5) is 13.1. The normalized spacial score (nSPS) is 25.3. The Bertz CT molecular complexity index is 741. The van der Waals surface area contributed by atoms with Gasteiger partial charge in [-0.15, -0.1) is 0 Å². The van der Waals surface area contributed by atoms with Gasteiger partial charge >= 0.3 is 193 Å². The van der Waals surface area contributed by atoms with Gasteiger partial charge in [0.25, 0.3) is 0 Å². The third-order valence-electron chi connectivity index (χ3n) is 5.73. The van der Waals surface area contributed by atoms with Crippen LogP contribution in [0.2, 0.25) is 0 Å². The summed E-state index contributed by atoms with van der Waals surface area (Å²) in [5.41, 5.74) is 0. The maximum atomic E-state index is 10.6. The van der Waals surface area contributed by atoms with E-state index in [0.717, 1.165) is 17.3 Å². The van der Waals surface area contributed by atoms with E-state index in [2.05, 4.69) is 28.9 Å². The molecule has 1 radical (unpaired) electrons. The second kappa shape index (κ2) is 12.7. The van der Waals surface area contributed by atoms with Crippen molar-refractivity contribution in [1.82, 2.24) is 0 Å². The van der Waals surface area contributed by atoms with Crippen molar-refractivity contribution in [3.8, 4) is 0 Å². The van der Waals surface area contributed by atoms with E-state index in [1.54, 1.807) is 17.3 Å². The third kappa shape index (κ3) is 7.91. The summed E-state index contributed by atoms with van der Waals surface area (Å²) in [6.45, 7) is 2.07. The van der Waals surface area contributed by atoms with Crippen molar-refractivity contribution in [2.45, 2.75) is 64.1 Å². The number of aliphatic hydroxyl groups excluding tert-OH is 2. The van der Waals surface area contributed by atoms with Crippen LogP contribution in [0.4, 0.5) is 0 Å². The van der Waals surface area contributed by atoms with E-state index >= 15 is 0 Å². The van der Waals surface area contributed by atoms with Crippen molar-refractivity contribution in [3.05, 3.63) is 44.6 Å². The maximum absolute atomic E-state index is 10.6. The van der Waals surface area contributed by atoms with Crippen LogP contribution in [0.15, 0.2) is 34.8 Å². The van der Waals surface area contributed by atoms with Gasteiger partial charge in [0, 0.05) is 0 Å². The molecule has 0 saturated heterocycles. The molecule has 0 spiro atoms. The molecular formula is C23H31BBrO4S. The van der Waals surface area contributed by atoms with Crippen LogP contribution in [0, 0.1) is 24.7 Å². The molecular weight excluding hydrogens is 463 g/mol. The Morgan fingerprint density at radius 2 is 2.20 bits per heavy atom. The predicted octanol–water partition coefficient (Wildman–Crippen LogP) is 4.45. The zero-order valence-corrected chi connectivity index (χ0v) is 19.8. The number of hydrogen-bond donors (Lipinski definition) is 3. The zero-order chi connectivity index (χ0) is 22.1. The van der Waals surface area contributed by atoms with Gasteiger partial charge in [0.05, 0.1) is 0 Å². The van der Waals surface area contributed by atoms with Gasteiger partial charge in [-0.3, -0.25) is 0 Å². The van der Waals surface area contributed by atoms with Crippen LogP contribution in [0.25, 0.3) is 0 Å². The molecule has 4 nitrogen and oxygen atoms in total. The molecule has 3 N–H and O–H groups in total. The Morgan fingerprint density at radius 3 is 2.83 bits per heavy atom. The first kappa shape index (κ1) is 25.2. The average molecular weight is 494 g/mol. The fourth-order valence-electron chi connectivity index (χ4n) is 4.02. The molecule has 2 rings (SSSR count). The van der Waals surface area contributed by atoms with E-state index < -0.39 is 18.2 Å². The summed E-state index contributed by atoms with van der Waals surface area (Å²) in [6, 6.07) is 2.11. The molecule has 1 aliphatic rings. The Hall–Kier alpha value is -1.02. The zero-order valence-electron chi connectivity index (χ0n) is 17.4. The Balaban J connectivity index is 1.89. The van der Waals surface area contributed by atoms with Crippen LogP contribution in [-0.4, -0.2) is 47.0 Å². The van der Waals surface area contributed by atoms with Crippen LogP contribution in [0.3, 0.4) is 0 Å². The standard InChI is InChI=1S/C23H31BBrO4S/c1-15-21(25)13-18(30-15)10-8-17(26)9-11-19-16(14-24)12-22(27)20(19)6-4-2-3-5-7-23(28)29/h2,4,9,11,13-14,16-17,19-20,22,26-27H,3,5-8,10,12H2,1H3,(H,28,29)/b4-2?,11-9+/t16?,17-,19-,20+,22?/m0/s1. The molecule has 7 heteroatoms. The Labute approximate surface area is 192 Å². The predicted molar refractivity (Wildman–Crippen MR) is 128 cm³/mol. The summed E-state index contributed by atoms with van der Waals surface area (Å²) in [6.07, 6.45) is 11.3. The Kier molecular flexibility index (Phi) is 10.7. The number of rotatable bonds is 12. The number of allylic oxidation sites excluding steroid dienone is 3. The topological polar surface area (TPSA) is 77.8 Å². The fourth-order valence-corrected chi connectivity index (χ4v) is 5.63. The second-order valence-electron chi connectivity index (χ2n) is 8.00. The van der Waals surface area contributed by atoms with Crippen molar-refractivity contribution in [2.75, 3.05) is 0 Å². The van der Waals surface area contributed by atoms with Crippen molar-refractivity contribution in [3.63, 3.8) is 0 Å². The van der Waals surface area contributed by atoms with Crippen molar-refractivity contribution >= 4 is 46.7 Å². The van der Waals surface area contributed by atoms with Crippen LogP contribution in [0.5, 0.6) is 0 Å². The number of aryl methyl sites for hydroxylation is 2. The molecule has 1 aromatic rings. The first-order valence-electron chi connectivity index (χ1n) is 10.5. The van der Waals surface area contributed by atoms with E-state index in [0.29, 0.717) is 25.7 Å². The summed E-state index contributed by atoms with van der Waals surface area (Å²) in [7, 11) is 5.82. The van der Waals surface area contributed by atoms with Crippen molar-refractivity contribution in [2.24, 2.45) is 17.8 Å². The number of unbranched alkanes of at least 4 members (excludes halogenated alkanes) is 1. The van der Waals surface area contributed by atoms with E-state index in [4.69, 9.17) is 12.6 Å². The molecule has 1 aliphatic carbocycles. The van der Waals surface area contributed by atoms with Gasteiger partial charge in [-0.05, 0) is 0 Å². The van der Waals surface area contributed by atoms with Crippen LogP contribution in [-0.2, 0) is 11.2 Å². The van der Waals surface area contributed by atoms with Gasteiger partial charge in [-0.1, -0.05) is 0 Å². The molecule has 2 unspecified atom stereocenters. The van der Waals surface area contributed by atoms with E-state index in [1.807, 2.05) is 24.3 Å². The quantitative estimate of drug-likeness (QED) is 0.228. The second-order valence-corrected chi connectivity index (χ2v) is 10.2. The Morgan fingerprint density at radius 1 is 1.43 bits per heavy atom. The summed E-state index contributed by atoms with van der Waals surface area (Å²) < 4.78 is 1.12. The number of halogens is 1. The van der Waals surface area contributed by atoms with E-state index in [1.165, 1.54) is 9.75 Å². The monoisotopic (exact) mass is 493 g/mol. The van der Waals surface area contributed by atoms with Gasteiger partial charge in [-0.2, -0.15) is 0 Å². The van der Waals surface area contributed by atoms with Gasteiger partial charge in [-0.25, -0.2) is 0 Å². The number of aliphatic hydroxyl groups is 2. The number of carboxylic acid groups (broad SMARTS) is 1. The molecule has 0 aromatic carbocycles. The third-order valence-corrected chi connectivity index (χ3v) is 7.93. The number of carbonyl (C=O) groups is 1. The van der Waals surface area contributed by atoms with Crippen LogP contribution >= 0.6 is 27.3 Å². The number of aliphatic carboxylic acids is 1. The van der Waals surface area contributed by atoms with Crippen molar-refractivity contribution < 1.29 is 20.1 Å². The van der Waals surface area contributed by atoms with Crippen molar-refractivity contribution in [1.29, 1.82) is 0 Å². The van der Waals surface area contributed by atoms with E-state index in [9.17, 15) is 15.0 Å². The minimum absolute atomic E-state index is 0.0462. The summed E-state index contributed by atoms with van der Waals surface area (Å²) in [5, 5.41) is 29.6. The first-order chi connectivity index (χ1) is 14.3. The molecule has 0 bridgehead atoms. The molecule has 1 fully saturated rings. The molecule has 5 atom stereocenters. The molecule has 30 heavy (non-hydrogen) atoms. The SMILES string of the molecule is [B]=CC1CC(O)[C@H](CC=CCCCC(=O)O)[C@H]1/C=C/[C@@H](O)CCc1cc(Br)c(C)s1. The molecule has 0 amide bonds. The van der Waals surface area contributed by atoms with E-state index in [-0.39, 0.29) is 24.2 Å². The number of carboxylic acids is 1. The molecule has 0 aliphatic heterocycles. The van der Waals surface area contributed by atoms with Gasteiger partial charge in [0.1, 0.15) is 0 Å². The molecule has 1 aromatic heterocycles. The minimum atomic E-state index is -0.776. The molecule has 1 saturated carbocycles. The van der Waals surface area contributed by atoms with Gasteiger partial charge in [0.2, 0.25) is 0 Å². The fraction of sp³-hybridized carbons (Fsp3) is 0.565. The van der Waals surface area contributed by atoms with Gasteiger partial charge < -0.3 is 0 Å². The average Bonchev–Trinajstić information content (AvgIpc) is 3.19. The summed E-state index contributed by atoms with van der Waals surface area (Å²) >= 11 is 5.27. The van der Waals surface area contributed by atoms with Crippen LogP contribution < -0.4 is 0 Å². The number of hydrogen-bond acceptors (Lipinski definition) is 4. The number of thiophene rings is 1.